The molecule has 1 atom stereocenters. The highest BCUT2D eigenvalue weighted by Crippen LogP contribution is 2.43. The number of aryl methyl sites for hydroxylation is 2. The molecule has 7 nitrogen and oxygen atoms in total. The summed E-state index contributed by atoms with van der Waals surface area (Å²) >= 11 is 0. The molecule has 1 unspecified atom stereocenters. The maximum absolute atomic E-state index is 13.1. The van der Waals surface area contributed by atoms with E-state index >= 15 is 0 Å². The van der Waals surface area contributed by atoms with Crippen LogP contribution in [0.1, 0.15) is 43.6 Å². The normalized spacial score (nSPS) is 28.2. The van der Waals surface area contributed by atoms with Gasteiger partial charge in [0, 0.05) is 26.2 Å². The lowest BCUT2D eigenvalue weighted by Crippen LogP contribution is -2.50. The fourth-order valence-electron chi connectivity index (χ4n) is 4.33. The fraction of sp³-hybridized carbons (Fsp3) is 0.765. The summed E-state index contributed by atoms with van der Waals surface area (Å²) in [6, 6.07) is 0. The maximum atomic E-state index is 13.1. The Labute approximate surface area is 148 Å². The minimum atomic E-state index is -3.68. The Kier molecular flexibility index (Phi) is 3.95. The Morgan fingerprint density at radius 3 is 2.64 bits per heavy atom. The summed E-state index contributed by atoms with van der Waals surface area (Å²) < 4.78 is 32.6. The number of aromatic nitrogens is 1. The van der Waals surface area contributed by atoms with Crippen molar-refractivity contribution >= 4 is 15.9 Å². The van der Waals surface area contributed by atoms with Crippen molar-refractivity contribution in [2.24, 2.45) is 11.3 Å². The second kappa shape index (κ2) is 5.81. The summed E-state index contributed by atoms with van der Waals surface area (Å²) in [5.74, 6) is 1.12. The molecule has 0 radical (unpaired) electrons. The molecule has 0 N–H and O–H groups in total. The maximum Gasteiger partial charge on any atom is 0.248 e. The van der Waals surface area contributed by atoms with E-state index in [0.717, 1.165) is 25.9 Å². The molecule has 1 aromatic rings. The molecule has 2 saturated heterocycles. The zero-order valence-corrected chi connectivity index (χ0v) is 15.6. The van der Waals surface area contributed by atoms with Gasteiger partial charge >= 0.3 is 0 Å². The molecule has 1 aromatic heterocycles. The number of carbonyl (C=O) groups is 1. The van der Waals surface area contributed by atoms with Crippen LogP contribution in [0.25, 0.3) is 0 Å². The minimum absolute atomic E-state index is 0.155. The van der Waals surface area contributed by atoms with E-state index in [-0.39, 0.29) is 17.3 Å². The predicted molar refractivity (Wildman–Crippen MR) is 90.3 cm³/mol. The molecular formula is C17H25N3O4S. The highest BCUT2D eigenvalue weighted by molar-refractivity contribution is 7.89. The van der Waals surface area contributed by atoms with Crippen molar-refractivity contribution in [3.05, 3.63) is 11.5 Å². The van der Waals surface area contributed by atoms with Gasteiger partial charge in [0.05, 0.1) is 5.41 Å². The van der Waals surface area contributed by atoms with Crippen molar-refractivity contribution in [2.45, 2.75) is 50.8 Å². The Bertz CT molecular complexity index is 779. The van der Waals surface area contributed by atoms with E-state index in [2.05, 4.69) is 5.16 Å². The molecule has 0 bridgehead atoms. The first kappa shape index (κ1) is 17.0. The lowest BCUT2D eigenvalue weighted by atomic mass is 9.78. The average molecular weight is 367 g/mol. The van der Waals surface area contributed by atoms with Gasteiger partial charge in [-0.2, -0.15) is 4.31 Å². The summed E-state index contributed by atoms with van der Waals surface area (Å²) in [7, 11) is -3.68. The van der Waals surface area contributed by atoms with Gasteiger partial charge < -0.3 is 9.42 Å². The summed E-state index contributed by atoms with van der Waals surface area (Å²) in [6.07, 6.45) is 4.76. The first-order chi connectivity index (χ1) is 11.8. The van der Waals surface area contributed by atoms with Gasteiger partial charge in [-0.3, -0.25) is 4.79 Å². The zero-order valence-electron chi connectivity index (χ0n) is 14.8. The van der Waals surface area contributed by atoms with Crippen LogP contribution in [-0.2, 0) is 14.8 Å². The molecule has 138 valence electrons. The average Bonchev–Trinajstić information content (AvgIpc) is 3.15. The van der Waals surface area contributed by atoms with Crippen molar-refractivity contribution < 1.29 is 17.7 Å². The number of likely N-dealkylation sites (tertiary alicyclic amines) is 1. The Morgan fingerprint density at radius 2 is 2.00 bits per heavy atom. The van der Waals surface area contributed by atoms with Gasteiger partial charge in [-0.25, -0.2) is 8.42 Å². The van der Waals surface area contributed by atoms with E-state index in [1.54, 1.807) is 13.8 Å². The summed E-state index contributed by atoms with van der Waals surface area (Å²) in [4.78, 5) is 15.2. The minimum Gasteiger partial charge on any atom is -0.360 e. The number of piperidine rings is 1. The molecule has 1 amide bonds. The van der Waals surface area contributed by atoms with E-state index < -0.39 is 15.4 Å². The fourth-order valence-corrected chi connectivity index (χ4v) is 6.15. The van der Waals surface area contributed by atoms with Crippen molar-refractivity contribution in [1.82, 2.24) is 14.4 Å². The van der Waals surface area contributed by atoms with Crippen LogP contribution in [0.2, 0.25) is 0 Å². The van der Waals surface area contributed by atoms with E-state index in [4.69, 9.17) is 4.52 Å². The molecule has 3 aliphatic rings. The van der Waals surface area contributed by atoms with Crippen molar-refractivity contribution in [1.29, 1.82) is 0 Å². The summed E-state index contributed by atoms with van der Waals surface area (Å²) in [5, 5.41) is 3.77. The van der Waals surface area contributed by atoms with Gasteiger partial charge in [0.25, 0.3) is 0 Å². The van der Waals surface area contributed by atoms with Gasteiger partial charge in [-0.05, 0) is 51.9 Å². The van der Waals surface area contributed by atoms with E-state index in [1.165, 1.54) is 17.1 Å². The smallest absolute Gasteiger partial charge is 0.248 e. The first-order valence-electron chi connectivity index (χ1n) is 9.06. The second-order valence-electron chi connectivity index (χ2n) is 7.82. The number of hydrogen-bond donors (Lipinski definition) is 0. The van der Waals surface area contributed by atoms with Gasteiger partial charge in [0.15, 0.2) is 5.76 Å². The SMILES string of the molecule is Cc1noc(C)c1S(=O)(=O)N1CCC2(CCCN(CC3CC3)C2=O)C1. The van der Waals surface area contributed by atoms with Crippen LogP contribution in [-0.4, -0.2) is 54.9 Å². The molecular weight excluding hydrogens is 342 g/mol. The van der Waals surface area contributed by atoms with Crippen molar-refractivity contribution in [3.63, 3.8) is 0 Å². The van der Waals surface area contributed by atoms with E-state index in [9.17, 15) is 13.2 Å². The van der Waals surface area contributed by atoms with E-state index in [1.807, 2.05) is 4.90 Å². The molecule has 4 rings (SSSR count). The number of carbonyl (C=O) groups excluding carboxylic acids is 1. The Morgan fingerprint density at radius 1 is 1.24 bits per heavy atom. The molecule has 25 heavy (non-hydrogen) atoms. The second-order valence-corrected chi connectivity index (χ2v) is 9.70. The topological polar surface area (TPSA) is 83.7 Å². The van der Waals surface area contributed by atoms with Crippen LogP contribution in [0.5, 0.6) is 0 Å². The third kappa shape index (κ3) is 2.79. The van der Waals surface area contributed by atoms with Gasteiger partial charge in [0.1, 0.15) is 10.6 Å². The van der Waals surface area contributed by atoms with Crippen LogP contribution in [0.15, 0.2) is 9.42 Å². The molecule has 0 aromatic carbocycles. The molecule has 2 aliphatic heterocycles. The van der Waals surface area contributed by atoms with Crippen molar-refractivity contribution in [3.8, 4) is 0 Å². The quantitative estimate of drug-likeness (QED) is 0.809. The highest BCUT2D eigenvalue weighted by atomic mass is 32.2. The molecule has 3 fully saturated rings. The van der Waals surface area contributed by atoms with Gasteiger partial charge in [-0.15, -0.1) is 0 Å². The van der Waals surface area contributed by atoms with E-state index in [0.29, 0.717) is 30.3 Å². The lowest BCUT2D eigenvalue weighted by molar-refractivity contribution is -0.145. The largest absolute Gasteiger partial charge is 0.360 e. The number of sulfonamides is 1. The highest BCUT2D eigenvalue weighted by Gasteiger charge is 2.52. The summed E-state index contributed by atoms with van der Waals surface area (Å²) in [5.41, 5.74) is -0.164. The Balaban J connectivity index is 1.56. The lowest BCUT2D eigenvalue weighted by Gasteiger charge is -2.39. The van der Waals surface area contributed by atoms with Crippen LogP contribution in [0, 0.1) is 25.2 Å². The van der Waals surface area contributed by atoms with Crippen LogP contribution >= 0.6 is 0 Å². The predicted octanol–water partition coefficient (Wildman–Crippen LogP) is 1.70. The van der Waals surface area contributed by atoms with Crippen molar-refractivity contribution in [2.75, 3.05) is 26.2 Å². The molecule has 8 heteroatoms. The monoisotopic (exact) mass is 367 g/mol. The molecule has 3 heterocycles. The first-order valence-corrected chi connectivity index (χ1v) is 10.5. The molecule has 1 spiro atoms. The third-order valence-electron chi connectivity index (χ3n) is 5.88. The number of hydrogen-bond acceptors (Lipinski definition) is 5. The number of nitrogens with zero attached hydrogens (tertiary/aromatic N) is 3. The standard InChI is InChI=1S/C17H25N3O4S/c1-12-15(13(2)24-18-12)25(22,23)20-9-7-17(11-20)6-3-8-19(16(17)21)10-14-4-5-14/h14H,3-11H2,1-2H3. The number of rotatable bonds is 4. The van der Waals surface area contributed by atoms with Crippen LogP contribution in [0.3, 0.4) is 0 Å². The van der Waals surface area contributed by atoms with Gasteiger partial charge in [0.2, 0.25) is 15.9 Å². The van der Waals surface area contributed by atoms with Crippen LogP contribution < -0.4 is 0 Å². The molecule has 1 aliphatic carbocycles. The molecule has 1 saturated carbocycles. The Hall–Kier alpha value is -1.41. The zero-order chi connectivity index (χ0) is 17.8. The van der Waals surface area contributed by atoms with Gasteiger partial charge in [-0.1, -0.05) is 5.16 Å². The summed E-state index contributed by atoms with van der Waals surface area (Å²) in [6.45, 7) is 5.57. The number of amides is 1. The third-order valence-corrected chi connectivity index (χ3v) is 7.97. The van der Waals surface area contributed by atoms with Crippen LogP contribution in [0.4, 0.5) is 0 Å².